The third kappa shape index (κ3) is 5.15. The standard InChI is InChI=1S/C21H23FN2O2/c22-18-10-8-17(9-11-18)21(26)24-19-7-3-6-16(12-19)14-23-20(25)13-15-4-1-2-5-15/h3,6-12,15H,1-2,4-5,13-14H2,(H,23,25)(H,24,26). The number of amides is 2. The van der Waals surface area contributed by atoms with Gasteiger partial charge in [-0.3, -0.25) is 9.59 Å². The Balaban J connectivity index is 1.53. The molecule has 0 atom stereocenters. The van der Waals surface area contributed by atoms with Gasteiger partial charge in [-0.15, -0.1) is 0 Å². The second kappa shape index (κ2) is 8.61. The molecule has 4 nitrogen and oxygen atoms in total. The van der Waals surface area contributed by atoms with Crippen LogP contribution in [-0.2, 0) is 11.3 Å². The van der Waals surface area contributed by atoms with E-state index < -0.39 is 0 Å². The van der Waals surface area contributed by atoms with Crippen molar-refractivity contribution >= 4 is 17.5 Å². The lowest BCUT2D eigenvalue weighted by Gasteiger charge is -2.11. The molecule has 0 heterocycles. The van der Waals surface area contributed by atoms with E-state index in [9.17, 15) is 14.0 Å². The molecule has 2 aromatic carbocycles. The number of hydrogen-bond acceptors (Lipinski definition) is 2. The lowest BCUT2D eigenvalue weighted by Crippen LogP contribution is -2.24. The van der Waals surface area contributed by atoms with Crippen LogP contribution in [0.15, 0.2) is 48.5 Å². The molecule has 0 aromatic heterocycles. The Morgan fingerprint density at radius 1 is 1.04 bits per heavy atom. The third-order valence-corrected chi connectivity index (χ3v) is 4.73. The molecule has 0 unspecified atom stereocenters. The van der Waals surface area contributed by atoms with Crippen molar-refractivity contribution in [2.24, 2.45) is 5.92 Å². The van der Waals surface area contributed by atoms with Crippen molar-refractivity contribution in [2.75, 3.05) is 5.32 Å². The Morgan fingerprint density at radius 2 is 1.77 bits per heavy atom. The molecule has 0 bridgehead atoms. The number of nitrogens with one attached hydrogen (secondary N) is 2. The summed E-state index contributed by atoms with van der Waals surface area (Å²) in [5.41, 5.74) is 1.95. The summed E-state index contributed by atoms with van der Waals surface area (Å²) < 4.78 is 12.9. The lowest BCUT2D eigenvalue weighted by molar-refractivity contribution is -0.122. The zero-order valence-electron chi connectivity index (χ0n) is 14.6. The molecule has 1 aliphatic rings. The summed E-state index contributed by atoms with van der Waals surface area (Å²) in [7, 11) is 0. The summed E-state index contributed by atoms with van der Waals surface area (Å²) in [6.07, 6.45) is 5.36. The molecule has 26 heavy (non-hydrogen) atoms. The monoisotopic (exact) mass is 354 g/mol. The molecular formula is C21H23FN2O2. The van der Waals surface area contributed by atoms with Gasteiger partial charge in [0.2, 0.25) is 5.91 Å². The minimum Gasteiger partial charge on any atom is -0.352 e. The number of carbonyl (C=O) groups excluding carboxylic acids is 2. The molecule has 5 heteroatoms. The summed E-state index contributed by atoms with van der Waals surface area (Å²) in [5.74, 6) is -0.0710. The minimum atomic E-state index is -0.378. The SMILES string of the molecule is O=C(CC1CCCC1)NCc1cccc(NC(=O)c2ccc(F)cc2)c1. The van der Waals surface area contributed by atoms with Gasteiger partial charge in [-0.2, -0.15) is 0 Å². The first kappa shape index (κ1) is 18.1. The van der Waals surface area contributed by atoms with Crippen LogP contribution < -0.4 is 10.6 Å². The largest absolute Gasteiger partial charge is 0.352 e. The highest BCUT2D eigenvalue weighted by atomic mass is 19.1. The van der Waals surface area contributed by atoms with Crippen molar-refractivity contribution in [1.82, 2.24) is 5.32 Å². The average molecular weight is 354 g/mol. The van der Waals surface area contributed by atoms with Crippen molar-refractivity contribution in [1.29, 1.82) is 0 Å². The highest BCUT2D eigenvalue weighted by Gasteiger charge is 2.18. The lowest BCUT2D eigenvalue weighted by atomic mass is 10.0. The number of halogens is 1. The number of anilines is 1. The number of rotatable bonds is 6. The highest BCUT2D eigenvalue weighted by molar-refractivity contribution is 6.04. The Morgan fingerprint density at radius 3 is 2.50 bits per heavy atom. The Labute approximate surface area is 152 Å². The van der Waals surface area contributed by atoms with Crippen molar-refractivity contribution in [3.05, 3.63) is 65.5 Å². The number of hydrogen-bond donors (Lipinski definition) is 2. The molecule has 2 amide bonds. The van der Waals surface area contributed by atoms with Crippen molar-refractivity contribution in [2.45, 2.75) is 38.6 Å². The van der Waals surface area contributed by atoms with Gasteiger partial charge in [-0.05, 0) is 60.7 Å². The van der Waals surface area contributed by atoms with Gasteiger partial charge in [0, 0.05) is 24.2 Å². The predicted octanol–water partition coefficient (Wildman–Crippen LogP) is 4.27. The fourth-order valence-corrected chi connectivity index (χ4v) is 3.31. The fourth-order valence-electron chi connectivity index (χ4n) is 3.31. The topological polar surface area (TPSA) is 58.2 Å². The fraction of sp³-hybridized carbons (Fsp3) is 0.333. The smallest absolute Gasteiger partial charge is 0.255 e. The molecule has 0 aliphatic heterocycles. The molecule has 0 radical (unpaired) electrons. The Kier molecular flexibility index (Phi) is 6.00. The summed E-state index contributed by atoms with van der Waals surface area (Å²) in [6, 6.07) is 12.7. The van der Waals surface area contributed by atoms with Gasteiger partial charge in [0.15, 0.2) is 0 Å². The van der Waals surface area contributed by atoms with E-state index in [1.165, 1.54) is 37.1 Å². The number of benzene rings is 2. The van der Waals surface area contributed by atoms with Crippen LogP contribution in [-0.4, -0.2) is 11.8 Å². The van der Waals surface area contributed by atoms with E-state index in [2.05, 4.69) is 10.6 Å². The average Bonchev–Trinajstić information content (AvgIpc) is 3.14. The van der Waals surface area contributed by atoms with Crippen LogP contribution in [0.2, 0.25) is 0 Å². The van der Waals surface area contributed by atoms with Crippen molar-refractivity contribution in [3.8, 4) is 0 Å². The molecule has 3 rings (SSSR count). The summed E-state index contributed by atoms with van der Waals surface area (Å²) in [5, 5.41) is 5.74. The first-order valence-electron chi connectivity index (χ1n) is 9.03. The van der Waals surface area contributed by atoms with Crippen LogP contribution in [0.5, 0.6) is 0 Å². The maximum Gasteiger partial charge on any atom is 0.255 e. The molecule has 2 N–H and O–H groups in total. The van der Waals surface area contributed by atoms with E-state index in [1.54, 1.807) is 6.07 Å². The van der Waals surface area contributed by atoms with E-state index in [1.807, 2.05) is 18.2 Å². The van der Waals surface area contributed by atoms with Crippen LogP contribution in [0.25, 0.3) is 0 Å². The van der Waals surface area contributed by atoms with E-state index >= 15 is 0 Å². The number of carbonyl (C=O) groups is 2. The van der Waals surface area contributed by atoms with Crippen molar-refractivity contribution in [3.63, 3.8) is 0 Å². The summed E-state index contributed by atoms with van der Waals surface area (Å²) in [4.78, 5) is 24.2. The highest BCUT2D eigenvalue weighted by Crippen LogP contribution is 2.27. The third-order valence-electron chi connectivity index (χ3n) is 4.73. The zero-order valence-corrected chi connectivity index (χ0v) is 14.6. The maximum atomic E-state index is 12.9. The van der Waals surface area contributed by atoms with Crippen LogP contribution in [0.4, 0.5) is 10.1 Å². The van der Waals surface area contributed by atoms with E-state index in [0.29, 0.717) is 30.1 Å². The molecule has 136 valence electrons. The molecule has 0 saturated heterocycles. The molecule has 1 fully saturated rings. The normalized spacial score (nSPS) is 14.2. The van der Waals surface area contributed by atoms with Gasteiger partial charge in [-0.25, -0.2) is 4.39 Å². The summed E-state index contributed by atoms with van der Waals surface area (Å²) in [6.45, 7) is 0.436. The quantitative estimate of drug-likeness (QED) is 0.814. The van der Waals surface area contributed by atoms with Gasteiger partial charge in [-0.1, -0.05) is 25.0 Å². The van der Waals surface area contributed by atoms with E-state index in [0.717, 1.165) is 18.4 Å². The van der Waals surface area contributed by atoms with E-state index in [4.69, 9.17) is 0 Å². The maximum absolute atomic E-state index is 12.9. The molecule has 0 spiro atoms. The van der Waals surface area contributed by atoms with Crippen LogP contribution >= 0.6 is 0 Å². The Hall–Kier alpha value is -2.69. The van der Waals surface area contributed by atoms with Crippen molar-refractivity contribution < 1.29 is 14.0 Å². The second-order valence-electron chi connectivity index (χ2n) is 6.79. The van der Waals surface area contributed by atoms with Crippen LogP contribution in [0.3, 0.4) is 0 Å². The second-order valence-corrected chi connectivity index (χ2v) is 6.79. The first-order valence-corrected chi connectivity index (χ1v) is 9.03. The molecule has 1 saturated carbocycles. The Bertz CT molecular complexity index is 768. The van der Waals surface area contributed by atoms with Crippen LogP contribution in [0.1, 0.15) is 48.0 Å². The molecular weight excluding hydrogens is 331 g/mol. The van der Waals surface area contributed by atoms with Gasteiger partial charge >= 0.3 is 0 Å². The zero-order chi connectivity index (χ0) is 18.4. The van der Waals surface area contributed by atoms with Gasteiger partial charge in [0.25, 0.3) is 5.91 Å². The summed E-state index contributed by atoms with van der Waals surface area (Å²) >= 11 is 0. The molecule has 1 aliphatic carbocycles. The molecule has 2 aromatic rings. The van der Waals surface area contributed by atoms with Crippen LogP contribution in [0, 0.1) is 11.7 Å². The van der Waals surface area contributed by atoms with Gasteiger partial charge in [0.1, 0.15) is 5.82 Å². The minimum absolute atomic E-state index is 0.0812. The van der Waals surface area contributed by atoms with Gasteiger partial charge in [0.05, 0.1) is 0 Å². The van der Waals surface area contributed by atoms with E-state index in [-0.39, 0.29) is 17.6 Å². The van der Waals surface area contributed by atoms with Gasteiger partial charge < -0.3 is 10.6 Å². The predicted molar refractivity (Wildman–Crippen MR) is 99.2 cm³/mol. The first-order chi connectivity index (χ1) is 12.6.